The van der Waals surface area contributed by atoms with Gasteiger partial charge in [-0.1, -0.05) is 36.7 Å². The van der Waals surface area contributed by atoms with Gasteiger partial charge in [-0.05, 0) is 42.7 Å². The summed E-state index contributed by atoms with van der Waals surface area (Å²) in [4.78, 5) is 43.3. The lowest BCUT2D eigenvalue weighted by atomic mass is 9.94. The molecule has 45 heavy (non-hydrogen) atoms. The van der Waals surface area contributed by atoms with E-state index in [0.29, 0.717) is 50.3 Å². The predicted octanol–water partition coefficient (Wildman–Crippen LogP) is 6.11. The van der Waals surface area contributed by atoms with E-state index < -0.39 is 59.4 Å². The molecule has 0 aliphatic rings. The van der Waals surface area contributed by atoms with Gasteiger partial charge in [-0.2, -0.15) is 13.2 Å². The smallest absolute Gasteiger partial charge is 0.408 e. The Morgan fingerprint density at radius 2 is 1.80 bits per heavy atom. The van der Waals surface area contributed by atoms with Crippen molar-refractivity contribution >= 4 is 40.1 Å². The molecule has 0 fully saturated rings. The Morgan fingerprint density at radius 3 is 2.40 bits per heavy atom. The fourth-order valence-electron chi connectivity index (χ4n) is 4.99. The molecule has 0 aliphatic carbocycles. The van der Waals surface area contributed by atoms with E-state index in [9.17, 15) is 36.3 Å². The SMILES string of the molecule is CC[C@@H](Nc1cc(F)c(C(=O)N[C@@H](Cc2ccc(-c3c(C)c(Cl)cn(C)c3=O)c3ncccc23)C(=O)OC)c(F)c1)C(F)(F)F. The van der Waals surface area contributed by atoms with Crippen LogP contribution < -0.4 is 16.2 Å². The highest BCUT2D eigenvalue weighted by Crippen LogP contribution is 2.33. The van der Waals surface area contributed by atoms with Crippen LogP contribution in [0, 0.1) is 18.6 Å². The lowest BCUT2D eigenvalue weighted by Crippen LogP contribution is -2.43. The molecule has 14 heteroatoms. The predicted molar refractivity (Wildman–Crippen MR) is 159 cm³/mol. The number of hydrogen-bond donors (Lipinski definition) is 2. The number of nitrogens with one attached hydrogen (secondary N) is 2. The summed E-state index contributed by atoms with van der Waals surface area (Å²) in [6.45, 7) is 2.95. The van der Waals surface area contributed by atoms with Crippen LogP contribution in [0.5, 0.6) is 0 Å². The summed E-state index contributed by atoms with van der Waals surface area (Å²) in [6, 6.07) is 4.19. The number of rotatable bonds is 9. The van der Waals surface area contributed by atoms with Crippen LogP contribution in [0.4, 0.5) is 27.6 Å². The lowest BCUT2D eigenvalue weighted by molar-refractivity contribution is -0.143. The summed E-state index contributed by atoms with van der Waals surface area (Å²) < 4.78 is 75.4. The van der Waals surface area contributed by atoms with E-state index in [4.69, 9.17) is 16.3 Å². The number of fused-ring (bicyclic) bond motifs is 1. The van der Waals surface area contributed by atoms with Crippen LogP contribution in [0.1, 0.15) is 34.8 Å². The highest BCUT2D eigenvalue weighted by atomic mass is 35.5. The van der Waals surface area contributed by atoms with Crippen molar-refractivity contribution in [2.24, 2.45) is 7.05 Å². The number of methoxy groups -OCH3 is 1. The molecule has 0 aliphatic heterocycles. The second kappa shape index (κ2) is 13.2. The molecule has 4 aromatic rings. The molecular formula is C31H28ClF5N4O4. The Morgan fingerprint density at radius 1 is 1.13 bits per heavy atom. The number of hydrogen-bond acceptors (Lipinski definition) is 6. The first-order chi connectivity index (χ1) is 21.2. The molecule has 1 amide bonds. The molecule has 0 spiro atoms. The maximum absolute atomic E-state index is 14.9. The van der Waals surface area contributed by atoms with Crippen LogP contribution in [0.3, 0.4) is 0 Å². The third-order valence-electron chi connectivity index (χ3n) is 7.33. The number of carbonyl (C=O) groups is 2. The van der Waals surface area contributed by atoms with Gasteiger partial charge in [0.15, 0.2) is 0 Å². The number of alkyl halides is 3. The zero-order valence-electron chi connectivity index (χ0n) is 24.5. The van der Waals surface area contributed by atoms with Gasteiger partial charge in [-0.15, -0.1) is 0 Å². The fourth-order valence-corrected chi connectivity index (χ4v) is 5.23. The van der Waals surface area contributed by atoms with E-state index in [0.717, 1.165) is 7.11 Å². The van der Waals surface area contributed by atoms with Crippen molar-refractivity contribution < 1.29 is 36.3 Å². The summed E-state index contributed by atoms with van der Waals surface area (Å²) in [5, 5.41) is 5.17. The second-order valence-electron chi connectivity index (χ2n) is 10.3. The van der Waals surface area contributed by atoms with Gasteiger partial charge in [0.25, 0.3) is 11.5 Å². The molecule has 4 rings (SSSR count). The highest BCUT2D eigenvalue weighted by molar-refractivity contribution is 6.31. The lowest BCUT2D eigenvalue weighted by Gasteiger charge is -2.22. The molecule has 2 atom stereocenters. The van der Waals surface area contributed by atoms with Gasteiger partial charge in [0.1, 0.15) is 29.3 Å². The van der Waals surface area contributed by atoms with Crippen molar-refractivity contribution in [3.8, 4) is 11.1 Å². The minimum atomic E-state index is -4.68. The van der Waals surface area contributed by atoms with Crippen molar-refractivity contribution in [1.82, 2.24) is 14.9 Å². The Balaban J connectivity index is 1.68. The number of anilines is 1. The van der Waals surface area contributed by atoms with Crippen LogP contribution in [0.15, 0.2) is 53.6 Å². The van der Waals surface area contributed by atoms with Gasteiger partial charge in [0.05, 0.1) is 23.2 Å². The monoisotopic (exact) mass is 650 g/mol. The zero-order chi connectivity index (χ0) is 33.2. The molecule has 0 bridgehead atoms. The third kappa shape index (κ3) is 6.93. The van der Waals surface area contributed by atoms with Crippen LogP contribution >= 0.6 is 11.6 Å². The van der Waals surface area contributed by atoms with Gasteiger partial charge in [-0.25, -0.2) is 13.6 Å². The topological polar surface area (TPSA) is 102 Å². The highest BCUT2D eigenvalue weighted by Gasteiger charge is 2.38. The Bertz CT molecular complexity index is 1820. The minimum absolute atomic E-state index is 0.208. The second-order valence-corrected chi connectivity index (χ2v) is 10.7. The van der Waals surface area contributed by atoms with Crippen molar-refractivity contribution in [3.05, 3.63) is 92.5 Å². The first-order valence-corrected chi connectivity index (χ1v) is 14.0. The molecule has 0 radical (unpaired) electrons. The van der Waals surface area contributed by atoms with Gasteiger partial charge in [0, 0.05) is 42.5 Å². The summed E-state index contributed by atoms with van der Waals surface area (Å²) in [5.41, 5.74) is 0.287. The van der Waals surface area contributed by atoms with Crippen molar-refractivity contribution in [2.45, 2.75) is 44.9 Å². The van der Waals surface area contributed by atoms with Crippen molar-refractivity contribution in [1.29, 1.82) is 0 Å². The number of halogens is 6. The summed E-state index contributed by atoms with van der Waals surface area (Å²) in [5.74, 6) is -5.13. The third-order valence-corrected chi connectivity index (χ3v) is 7.71. The number of benzene rings is 2. The van der Waals surface area contributed by atoms with Crippen LogP contribution in [0.2, 0.25) is 5.02 Å². The quantitative estimate of drug-likeness (QED) is 0.168. The molecule has 2 aromatic carbocycles. The van der Waals surface area contributed by atoms with E-state index in [2.05, 4.69) is 10.3 Å². The van der Waals surface area contributed by atoms with Crippen LogP contribution in [-0.4, -0.2) is 46.8 Å². The number of carbonyl (C=O) groups excluding carboxylic acids is 2. The Kier molecular flexibility index (Phi) is 9.81. The van der Waals surface area contributed by atoms with E-state index in [1.807, 2.05) is 5.32 Å². The average molecular weight is 651 g/mol. The number of ether oxygens (including phenoxy) is 1. The van der Waals surface area contributed by atoms with Gasteiger partial charge in [-0.3, -0.25) is 14.6 Å². The Labute approximate surface area is 259 Å². The molecular weight excluding hydrogens is 623 g/mol. The maximum atomic E-state index is 14.9. The number of aryl methyl sites for hydroxylation is 1. The molecule has 8 nitrogen and oxygen atoms in total. The maximum Gasteiger partial charge on any atom is 0.408 e. The fraction of sp³-hybridized carbons (Fsp3) is 0.290. The molecule has 2 heterocycles. The first-order valence-electron chi connectivity index (χ1n) is 13.6. The number of nitrogens with zero attached hydrogens (tertiary/aromatic N) is 2. The Hall–Kier alpha value is -4.52. The van der Waals surface area contributed by atoms with Crippen molar-refractivity contribution in [2.75, 3.05) is 12.4 Å². The first kappa shape index (κ1) is 33.4. The molecule has 0 saturated carbocycles. The standard InChI is InChI=1S/C31H28ClF5N4O4/c1-5-24(31(35,36)37)39-17-12-21(33)26(22(34)13-17)28(42)40-23(30(44)45-4)11-16-8-9-19(27-18(16)7-6-10-38-27)25-15(2)20(32)14-41(3)29(25)43/h6-10,12-14,23-24,39H,5,11H2,1-4H3,(H,40,42)/t23-,24+/m0/s1. The number of esters is 1. The van der Waals surface area contributed by atoms with E-state index >= 15 is 0 Å². The largest absolute Gasteiger partial charge is 0.467 e. The molecule has 238 valence electrons. The van der Waals surface area contributed by atoms with Crippen LogP contribution in [0.25, 0.3) is 22.0 Å². The van der Waals surface area contributed by atoms with Gasteiger partial charge < -0.3 is 19.9 Å². The number of amides is 1. The minimum Gasteiger partial charge on any atom is -0.467 e. The van der Waals surface area contributed by atoms with Crippen molar-refractivity contribution in [3.63, 3.8) is 0 Å². The zero-order valence-corrected chi connectivity index (χ0v) is 25.2. The number of aromatic nitrogens is 2. The normalized spacial score (nSPS) is 12.9. The number of pyridine rings is 2. The van der Waals surface area contributed by atoms with Crippen LogP contribution in [-0.2, 0) is 23.0 Å². The molecule has 2 N–H and O–H groups in total. The average Bonchev–Trinajstić information content (AvgIpc) is 2.98. The van der Waals surface area contributed by atoms with E-state index in [1.165, 1.54) is 23.9 Å². The van der Waals surface area contributed by atoms with E-state index in [-0.39, 0.29) is 12.0 Å². The molecule has 2 aromatic heterocycles. The van der Waals surface area contributed by atoms with Gasteiger partial charge in [0.2, 0.25) is 0 Å². The van der Waals surface area contributed by atoms with Gasteiger partial charge >= 0.3 is 12.1 Å². The molecule has 0 saturated heterocycles. The summed E-state index contributed by atoms with van der Waals surface area (Å²) >= 11 is 6.35. The van der Waals surface area contributed by atoms with E-state index in [1.54, 1.807) is 38.2 Å². The summed E-state index contributed by atoms with van der Waals surface area (Å²) in [6.07, 6.45) is -2.28. The summed E-state index contributed by atoms with van der Waals surface area (Å²) in [7, 11) is 2.62. The molecule has 0 unspecified atom stereocenters.